The van der Waals surface area contributed by atoms with Crippen molar-refractivity contribution in [1.29, 1.82) is 0 Å². The van der Waals surface area contributed by atoms with Gasteiger partial charge in [-0.1, -0.05) is 5.16 Å². The fourth-order valence-electron chi connectivity index (χ4n) is 2.76. The van der Waals surface area contributed by atoms with Crippen LogP contribution in [-0.2, 0) is 16.4 Å². The molecule has 0 saturated heterocycles. The first-order valence-electron chi connectivity index (χ1n) is 8.86. The predicted octanol–water partition coefficient (Wildman–Crippen LogP) is 3.81. The molecule has 0 radical (unpaired) electrons. The summed E-state index contributed by atoms with van der Waals surface area (Å²) < 4.78 is 58.3. The SMILES string of the molecule is Cc1noc(C)c1CCCNc1ccc(S(=O)(=O)Nc2ccc(F)c(F)c2)cn1. The molecule has 154 valence electrons. The molecule has 0 bridgehead atoms. The van der Waals surface area contributed by atoms with Gasteiger partial charge in [0, 0.05) is 24.4 Å². The Morgan fingerprint density at radius 2 is 1.90 bits per heavy atom. The summed E-state index contributed by atoms with van der Waals surface area (Å²) in [5.74, 6) is -0.863. The van der Waals surface area contributed by atoms with Crippen molar-refractivity contribution in [3.8, 4) is 0 Å². The molecule has 0 aliphatic rings. The minimum Gasteiger partial charge on any atom is -0.370 e. The van der Waals surface area contributed by atoms with Crippen LogP contribution in [0.15, 0.2) is 45.9 Å². The fraction of sp³-hybridized carbons (Fsp3) is 0.263. The maximum Gasteiger partial charge on any atom is 0.263 e. The lowest BCUT2D eigenvalue weighted by atomic mass is 10.1. The van der Waals surface area contributed by atoms with Crippen LogP contribution >= 0.6 is 0 Å². The molecule has 1 aromatic carbocycles. The van der Waals surface area contributed by atoms with E-state index in [1.807, 2.05) is 13.8 Å². The summed E-state index contributed by atoms with van der Waals surface area (Å²) in [6.07, 6.45) is 2.82. The quantitative estimate of drug-likeness (QED) is 0.536. The van der Waals surface area contributed by atoms with Gasteiger partial charge in [0.05, 0.1) is 11.4 Å². The molecule has 3 rings (SSSR count). The van der Waals surface area contributed by atoms with Gasteiger partial charge in [0.1, 0.15) is 16.5 Å². The lowest BCUT2D eigenvalue weighted by Crippen LogP contribution is -2.14. The number of sulfonamides is 1. The number of hydrogen-bond donors (Lipinski definition) is 2. The first-order valence-corrected chi connectivity index (χ1v) is 10.3. The molecule has 0 amide bonds. The van der Waals surface area contributed by atoms with Crippen LogP contribution in [0.25, 0.3) is 0 Å². The van der Waals surface area contributed by atoms with E-state index in [-0.39, 0.29) is 10.6 Å². The van der Waals surface area contributed by atoms with Crippen LogP contribution in [0.3, 0.4) is 0 Å². The van der Waals surface area contributed by atoms with E-state index >= 15 is 0 Å². The lowest BCUT2D eigenvalue weighted by Gasteiger charge is -2.09. The molecular formula is C19H20F2N4O3S. The number of benzene rings is 1. The van der Waals surface area contributed by atoms with Gasteiger partial charge in [0.2, 0.25) is 0 Å². The number of pyridine rings is 1. The van der Waals surface area contributed by atoms with Gasteiger partial charge in [-0.15, -0.1) is 0 Å². The number of nitrogens with one attached hydrogen (secondary N) is 2. The van der Waals surface area contributed by atoms with E-state index in [2.05, 4.69) is 20.2 Å². The third kappa shape index (κ3) is 5.08. The van der Waals surface area contributed by atoms with E-state index in [0.29, 0.717) is 12.4 Å². The summed E-state index contributed by atoms with van der Waals surface area (Å²) in [4.78, 5) is 4.00. The van der Waals surface area contributed by atoms with Gasteiger partial charge < -0.3 is 9.84 Å². The van der Waals surface area contributed by atoms with Gasteiger partial charge in [-0.25, -0.2) is 22.2 Å². The summed E-state index contributed by atoms with van der Waals surface area (Å²) >= 11 is 0. The highest BCUT2D eigenvalue weighted by molar-refractivity contribution is 7.92. The number of halogens is 2. The van der Waals surface area contributed by atoms with Crippen molar-refractivity contribution >= 4 is 21.5 Å². The van der Waals surface area contributed by atoms with E-state index in [1.165, 1.54) is 18.3 Å². The Hall–Kier alpha value is -3.01. The number of anilines is 2. The van der Waals surface area contributed by atoms with Gasteiger partial charge in [-0.05, 0) is 51.0 Å². The van der Waals surface area contributed by atoms with Crippen molar-refractivity contribution in [2.45, 2.75) is 31.6 Å². The first-order chi connectivity index (χ1) is 13.8. The zero-order chi connectivity index (χ0) is 21.0. The summed E-state index contributed by atoms with van der Waals surface area (Å²) in [6, 6.07) is 5.68. The number of rotatable bonds is 8. The Bertz CT molecular complexity index is 1080. The summed E-state index contributed by atoms with van der Waals surface area (Å²) in [5.41, 5.74) is 1.89. The molecule has 0 unspecified atom stereocenters. The van der Waals surface area contributed by atoms with Gasteiger partial charge in [-0.2, -0.15) is 0 Å². The van der Waals surface area contributed by atoms with Crippen LogP contribution in [-0.4, -0.2) is 25.1 Å². The summed E-state index contributed by atoms with van der Waals surface area (Å²) in [6.45, 7) is 4.41. The standard InChI is InChI=1S/C19H20F2N4O3S/c1-12-16(13(2)28-24-12)4-3-9-22-19-8-6-15(11-23-19)29(26,27)25-14-5-7-17(20)18(21)10-14/h5-8,10-11,25H,3-4,9H2,1-2H3,(H,22,23). The molecule has 2 heterocycles. The highest BCUT2D eigenvalue weighted by Gasteiger charge is 2.16. The average Bonchev–Trinajstić information content (AvgIpc) is 3.00. The normalized spacial score (nSPS) is 11.4. The Morgan fingerprint density at radius 3 is 2.52 bits per heavy atom. The second-order valence-electron chi connectivity index (χ2n) is 6.45. The second-order valence-corrected chi connectivity index (χ2v) is 8.13. The van der Waals surface area contributed by atoms with Crippen LogP contribution in [0.4, 0.5) is 20.3 Å². The highest BCUT2D eigenvalue weighted by Crippen LogP contribution is 2.19. The van der Waals surface area contributed by atoms with Gasteiger partial charge in [0.15, 0.2) is 11.6 Å². The Labute approximate surface area is 167 Å². The number of nitrogens with zero attached hydrogens (tertiary/aromatic N) is 2. The topological polar surface area (TPSA) is 97.1 Å². The van der Waals surface area contributed by atoms with E-state index in [0.717, 1.165) is 48.1 Å². The molecule has 2 N–H and O–H groups in total. The van der Waals surface area contributed by atoms with Crippen LogP contribution in [0.5, 0.6) is 0 Å². The molecule has 0 atom stereocenters. The molecule has 0 saturated carbocycles. The zero-order valence-electron chi connectivity index (χ0n) is 15.9. The molecule has 3 aromatic rings. The lowest BCUT2D eigenvalue weighted by molar-refractivity contribution is 0.392. The number of hydrogen-bond acceptors (Lipinski definition) is 6. The Kier molecular flexibility index (Phi) is 6.12. The molecule has 10 heteroatoms. The van der Waals surface area contributed by atoms with Crippen molar-refractivity contribution in [3.05, 3.63) is 65.2 Å². The molecule has 7 nitrogen and oxygen atoms in total. The van der Waals surface area contributed by atoms with Crippen LogP contribution < -0.4 is 10.0 Å². The zero-order valence-corrected chi connectivity index (χ0v) is 16.7. The van der Waals surface area contributed by atoms with Crippen molar-refractivity contribution < 1.29 is 21.7 Å². The molecule has 0 aliphatic carbocycles. The van der Waals surface area contributed by atoms with Gasteiger partial charge in [-0.3, -0.25) is 4.72 Å². The van der Waals surface area contributed by atoms with E-state index < -0.39 is 21.7 Å². The summed E-state index contributed by atoms with van der Waals surface area (Å²) in [7, 11) is -3.97. The van der Waals surface area contributed by atoms with Crippen LogP contribution in [0.2, 0.25) is 0 Å². The number of aromatic nitrogens is 2. The minimum atomic E-state index is -3.97. The molecule has 2 aromatic heterocycles. The third-order valence-electron chi connectivity index (χ3n) is 4.31. The Balaban J connectivity index is 1.56. The van der Waals surface area contributed by atoms with Gasteiger partial charge >= 0.3 is 0 Å². The Morgan fingerprint density at radius 1 is 1.10 bits per heavy atom. The maximum absolute atomic E-state index is 13.3. The van der Waals surface area contributed by atoms with Crippen molar-refractivity contribution in [2.75, 3.05) is 16.6 Å². The highest BCUT2D eigenvalue weighted by atomic mass is 32.2. The first kappa shape index (κ1) is 20.7. The second kappa shape index (κ2) is 8.56. The van der Waals surface area contributed by atoms with Crippen molar-refractivity contribution in [3.63, 3.8) is 0 Å². The van der Waals surface area contributed by atoms with Crippen molar-refractivity contribution in [2.24, 2.45) is 0 Å². The van der Waals surface area contributed by atoms with Crippen molar-refractivity contribution in [1.82, 2.24) is 10.1 Å². The fourth-order valence-corrected chi connectivity index (χ4v) is 3.75. The number of aryl methyl sites for hydroxylation is 2. The minimum absolute atomic E-state index is 0.0783. The van der Waals surface area contributed by atoms with Crippen LogP contribution in [0, 0.1) is 25.5 Å². The average molecular weight is 422 g/mol. The molecule has 29 heavy (non-hydrogen) atoms. The molecule has 0 fully saturated rings. The van der Waals surface area contributed by atoms with Gasteiger partial charge in [0.25, 0.3) is 10.0 Å². The molecule has 0 spiro atoms. The van der Waals surface area contributed by atoms with E-state index in [4.69, 9.17) is 4.52 Å². The predicted molar refractivity (Wildman–Crippen MR) is 104 cm³/mol. The van der Waals surface area contributed by atoms with E-state index in [9.17, 15) is 17.2 Å². The van der Waals surface area contributed by atoms with Crippen LogP contribution in [0.1, 0.15) is 23.4 Å². The summed E-state index contributed by atoms with van der Waals surface area (Å²) in [5, 5.41) is 7.03. The molecule has 0 aliphatic heterocycles. The largest absolute Gasteiger partial charge is 0.370 e. The maximum atomic E-state index is 13.3. The smallest absolute Gasteiger partial charge is 0.263 e. The third-order valence-corrected chi connectivity index (χ3v) is 5.68. The van der Waals surface area contributed by atoms with E-state index in [1.54, 1.807) is 0 Å². The monoisotopic (exact) mass is 422 g/mol. The molecular weight excluding hydrogens is 402 g/mol.